The lowest BCUT2D eigenvalue weighted by molar-refractivity contribution is -0.00397. The van der Waals surface area contributed by atoms with Crippen LogP contribution in [0.5, 0.6) is 0 Å². The molecule has 7 heteroatoms. The molecule has 0 bridgehead atoms. The zero-order valence-electron chi connectivity index (χ0n) is 21.0. The molecule has 0 saturated carbocycles. The number of rotatable bonds is 11. The molecule has 0 fully saturated rings. The molecule has 0 saturated heterocycles. The van der Waals surface area contributed by atoms with Crippen LogP contribution in [0, 0.1) is 12.7 Å². The molecule has 192 valence electrons. The number of carboxylic acids is 1. The molecule has 36 heavy (non-hydrogen) atoms. The van der Waals surface area contributed by atoms with Crippen LogP contribution in [0.1, 0.15) is 53.9 Å². The number of halogens is 2. The fourth-order valence-corrected chi connectivity index (χ4v) is 4.33. The highest BCUT2D eigenvalue weighted by Crippen LogP contribution is 2.32. The van der Waals surface area contributed by atoms with Crippen LogP contribution in [0.3, 0.4) is 0 Å². The van der Waals surface area contributed by atoms with Gasteiger partial charge in [0.25, 0.3) is 0 Å². The van der Waals surface area contributed by atoms with Gasteiger partial charge in [0.05, 0.1) is 29.4 Å². The monoisotopic (exact) mass is 513 g/mol. The van der Waals surface area contributed by atoms with Gasteiger partial charge in [0.2, 0.25) is 0 Å². The largest absolute Gasteiger partial charge is 0.478 e. The number of aryl methyl sites for hydroxylation is 1. The molecule has 2 atom stereocenters. The Hall–Kier alpha value is -2.77. The number of hydrogen-bond donors (Lipinski definition) is 3. The summed E-state index contributed by atoms with van der Waals surface area (Å²) in [7, 11) is 0. The molecular formula is C29H33ClFNO4. The predicted octanol–water partition coefficient (Wildman–Crippen LogP) is 6.20. The van der Waals surface area contributed by atoms with E-state index in [0.717, 1.165) is 27.8 Å². The molecule has 0 spiro atoms. The van der Waals surface area contributed by atoms with Gasteiger partial charge >= 0.3 is 5.97 Å². The number of benzene rings is 3. The Labute approximate surface area is 216 Å². The second kappa shape index (κ2) is 12.0. The molecule has 0 heterocycles. The first-order valence-electron chi connectivity index (χ1n) is 11.9. The second-order valence-corrected chi connectivity index (χ2v) is 10.1. The third-order valence-corrected chi connectivity index (χ3v) is 6.45. The molecule has 0 aliphatic rings. The van der Waals surface area contributed by atoms with E-state index in [9.17, 15) is 19.4 Å². The Bertz CT molecular complexity index is 1210. The molecule has 0 aliphatic carbocycles. The summed E-state index contributed by atoms with van der Waals surface area (Å²) < 4.78 is 19.8. The average Bonchev–Trinajstić information content (AvgIpc) is 2.83. The Morgan fingerprint density at radius 3 is 2.50 bits per heavy atom. The number of aliphatic hydroxyl groups is 1. The molecular weight excluding hydrogens is 481 g/mol. The van der Waals surface area contributed by atoms with Crippen LogP contribution in [0.4, 0.5) is 4.39 Å². The average molecular weight is 514 g/mol. The van der Waals surface area contributed by atoms with Crippen LogP contribution in [0.25, 0.3) is 11.1 Å². The first kappa shape index (κ1) is 27.8. The molecule has 0 amide bonds. The number of aromatic carboxylic acids is 1. The minimum absolute atomic E-state index is 0.0974. The first-order valence-corrected chi connectivity index (χ1v) is 12.3. The highest BCUT2D eigenvalue weighted by atomic mass is 35.5. The molecule has 1 unspecified atom stereocenters. The maximum absolute atomic E-state index is 13.8. The minimum atomic E-state index is -0.958. The van der Waals surface area contributed by atoms with E-state index in [2.05, 4.69) is 5.32 Å². The summed E-state index contributed by atoms with van der Waals surface area (Å²) in [6.07, 6.45) is -0.463. The highest BCUT2D eigenvalue weighted by Gasteiger charge is 2.21. The van der Waals surface area contributed by atoms with Crippen molar-refractivity contribution in [2.75, 3.05) is 13.2 Å². The number of carbonyl (C=O) groups is 1. The molecule has 3 rings (SSSR count). The van der Waals surface area contributed by atoms with E-state index in [0.29, 0.717) is 13.0 Å². The number of carboxylic acid groups (broad SMARTS) is 1. The van der Waals surface area contributed by atoms with Crippen molar-refractivity contribution in [3.63, 3.8) is 0 Å². The third kappa shape index (κ3) is 7.37. The zero-order chi connectivity index (χ0) is 26.5. The van der Waals surface area contributed by atoms with Crippen LogP contribution >= 0.6 is 11.6 Å². The first-order chi connectivity index (χ1) is 17.0. The van der Waals surface area contributed by atoms with Crippen molar-refractivity contribution in [2.45, 2.75) is 51.9 Å². The Morgan fingerprint density at radius 1 is 1.11 bits per heavy atom. The lowest BCUT2D eigenvalue weighted by atomic mass is 9.92. The lowest BCUT2D eigenvalue weighted by Crippen LogP contribution is -2.46. The van der Waals surface area contributed by atoms with E-state index in [1.807, 2.05) is 58.0 Å². The van der Waals surface area contributed by atoms with E-state index in [-0.39, 0.29) is 28.8 Å². The van der Waals surface area contributed by atoms with Crippen LogP contribution < -0.4 is 5.32 Å². The van der Waals surface area contributed by atoms with Crippen molar-refractivity contribution >= 4 is 17.6 Å². The van der Waals surface area contributed by atoms with Gasteiger partial charge in [-0.1, -0.05) is 48.0 Å². The van der Waals surface area contributed by atoms with Gasteiger partial charge in [-0.15, -0.1) is 0 Å². The summed E-state index contributed by atoms with van der Waals surface area (Å²) in [6.45, 7) is 8.24. The standard InChI is InChI=1S/C29H33ClFNO4/c1-18-13-21(28(34)35)10-11-23(18)25-8-6-5-7-24(25)19(2)36-17-22(33)16-32-29(3,4)15-20-9-12-26(30)27(31)14-20/h5-14,19,22,32-33H,15-17H2,1-4H3,(H,34,35)/t19?,22-/m0/s1. The van der Waals surface area contributed by atoms with E-state index < -0.39 is 17.9 Å². The smallest absolute Gasteiger partial charge is 0.335 e. The predicted molar refractivity (Wildman–Crippen MR) is 141 cm³/mol. The Kier molecular flexibility index (Phi) is 9.25. The SMILES string of the molecule is Cc1cc(C(=O)O)ccc1-c1ccccc1C(C)OC[C@@H](O)CNC(C)(C)Cc1ccc(Cl)c(F)c1. The summed E-state index contributed by atoms with van der Waals surface area (Å²) in [5.41, 5.74) is 4.40. The summed E-state index contributed by atoms with van der Waals surface area (Å²) in [6, 6.07) is 17.7. The molecule has 3 N–H and O–H groups in total. The molecule has 3 aromatic rings. The van der Waals surface area contributed by atoms with E-state index in [1.165, 1.54) is 6.07 Å². The normalized spacial score (nSPS) is 13.4. The van der Waals surface area contributed by atoms with Crippen LogP contribution in [0.2, 0.25) is 5.02 Å². The van der Waals surface area contributed by atoms with Gasteiger partial charge in [0.15, 0.2) is 0 Å². The maximum Gasteiger partial charge on any atom is 0.335 e. The van der Waals surface area contributed by atoms with Gasteiger partial charge in [-0.05, 0) is 86.2 Å². The van der Waals surface area contributed by atoms with Gasteiger partial charge < -0.3 is 20.3 Å². The van der Waals surface area contributed by atoms with E-state index >= 15 is 0 Å². The summed E-state index contributed by atoms with van der Waals surface area (Å²) in [5.74, 6) is -1.40. The van der Waals surface area contributed by atoms with Gasteiger partial charge in [-0.3, -0.25) is 0 Å². The number of nitrogens with one attached hydrogen (secondary N) is 1. The highest BCUT2D eigenvalue weighted by molar-refractivity contribution is 6.30. The summed E-state index contributed by atoms with van der Waals surface area (Å²) in [4.78, 5) is 11.3. The molecule has 0 aliphatic heterocycles. The van der Waals surface area contributed by atoms with Crippen molar-refractivity contribution in [3.05, 3.63) is 93.8 Å². The van der Waals surface area contributed by atoms with Crippen molar-refractivity contribution in [3.8, 4) is 11.1 Å². The number of ether oxygens (including phenoxy) is 1. The molecule has 0 radical (unpaired) electrons. The Balaban J connectivity index is 1.59. The zero-order valence-corrected chi connectivity index (χ0v) is 21.8. The van der Waals surface area contributed by atoms with Crippen LogP contribution in [0.15, 0.2) is 60.7 Å². The van der Waals surface area contributed by atoms with Crippen LogP contribution in [-0.2, 0) is 11.2 Å². The summed E-state index contributed by atoms with van der Waals surface area (Å²) >= 11 is 5.77. The number of β-amino-alcohol motifs (C(OH)–C–C–N with tert-alkyl or cyclic N) is 1. The van der Waals surface area contributed by atoms with Gasteiger partial charge in [0.1, 0.15) is 5.82 Å². The molecule has 5 nitrogen and oxygen atoms in total. The van der Waals surface area contributed by atoms with Crippen molar-refractivity contribution in [1.82, 2.24) is 5.32 Å². The number of aliphatic hydroxyl groups excluding tert-OH is 1. The fourth-order valence-electron chi connectivity index (χ4n) is 4.22. The topological polar surface area (TPSA) is 78.8 Å². The number of hydrogen-bond acceptors (Lipinski definition) is 4. The Morgan fingerprint density at radius 2 is 1.83 bits per heavy atom. The van der Waals surface area contributed by atoms with Gasteiger partial charge in [0, 0.05) is 12.1 Å². The van der Waals surface area contributed by atoms with Crippen LogP contribution in [-0.4, -0.2) is 41.0 Å². The van der Waals surface area contributed by atoms with E-state index in [1.54, 1.807) is 24.3 Å². The second-order valence-electron chi connectivity index (χ2n) is 9.74. The molecule has 3 aromatic carbocycles. The van der Waals surface area contributed by atoms with E-state index in [4.69, 9.17) is 16.3 Å². The van der Waals surface area contributed by atoms with Crippen molar-refractivity contribution in [2.24, 2.45) is 0 Å². The summed E-state index contributed by atoms with van der Waals surface area (Å²) in [5, 5.41) is 23.2. The van der Waals surface area contributed by atoms with Gasteiger partial charge in [-0.2, -0.15) is 0 Å². The minimum Gasteiger partial charge on any atom is -0.478 e. The third-order valence-electron chi connectivity index (χ3n) is 6.15. The van der Waals surface area contributed by atoms with Crippen molar-refractivity contribution in [1.29, 1.82) is 0 Å². The molecule has 0 aromatic heterocycles. The maximum atomic E-state index is 13.8. The lowest BCUT2D eigenvalue weighted by Gasteiger charge is -2.28. The quantitative estimate of drug-likeness (QED) is 0.284. The van der Waals surface area contributed by atoms with Gasteiger partial charge in [-0.25, -0.2) is 9.18 Å². The van der Waals surface area contributed by atoms with Crippen molar-refractivity contribution < 1.29 is 24.1 Å². The fraction of sp³-hybridized carbons (Fsp3) is 0.345.